The van der Waals surface area contributed by atoms with Gasteiger partial charge in [0.2, 0.25) is 5.91 Å². The van der Waals surface area contributed by atoms with Gasteiger partial charge in [0.05, 0.1) is 12.6 Å². The molecule has 0 aromatic heterocycles. The lowest BCUT2D eigenvalue weighted by molar-refractivity contribution is -0.137. The number of nitrogens with one attached hydrogen (secondary N) is 1. The summed E-state index contributed by atoms with van der Waals surface area (Å²) in [5.41, 5.74) is 7.14. The standard InChI is InChI=1S/C14H20N2O4/c1-3-20-10-4-6-12(9(2)8-10)16-14(19)11(15)5-7-13(17)18/h4,6,8,11H,3,5,7,15H2,1-2H3,(H,16,19)(H,17,18). The van der Waals surface area contributed by atoms with Crippen LogP contribution in [0.3, 0.4) is 0 Å². The van der Waals surface area contributed by atoms with Crippen LogP contribution >= 0.6 is 0 Å². The summed E-state index contributed by atoms with van der Waals surface area (Å²) in [6.45, 7) is 4.32. The summed E-state index contributed by atoms with van der Waals surface area (Å²) in [5, 5.41) is 11.2. The number of nitrogens with two attached hydrogens (primary N) is 1. The third-order valence-corrected chi connectivity index (χ3v) is 2.77. The van der Waals surface area contributed by atoms with Gasteiger partial charge in [-0.2, -0.15) is 0 Å². The number of hydrogen-bond acceptors (Lipinski definition) is 4. The normalized spacial score (nSPS) is 11.8. The summed E-state index contributed by atoms with van der Waals surface area (Å²) in [6.07, 6.45) is -0.0198. The third-order valence-electron chi connectivity index (χ3n) is 2.77. The maximum absolute atomic E-state index is 11.8. The van der Waals surface area contributed by atoms with Gasteiger partial charge in [0.15, 0.2) is 0 Å². The lowest BCUT2D eigenvalue weighted by Crippen LogP contribution is -2.36. The van der Waals surface area contributed by atoms with E-state index >= 15 is 0 Å². The smallest absolute Gasteiger partial charge is 0.303 e. The molecule has 1 amide bonds. The van der Waals surface area contributed by atoms with E-state index in [1.807, 2.05) is 19.9 Å². The van der Waals surface area contributed by atoms with Crippen LogP contribution in [0.4, 0.5) is 5.69 Å². The number of amides is 1. The number of carbonyl (C=O) groups excluding carboxylic acids is 1. The molecule has 0 saturated heterocycles. The van der Waals surface area contributed by atoms with E-state index < -0.39 is 17.9 Å². The number of rotatable bonds is 7. The maximum Gasteiger partial charge on any atom is 0.303 e. The molecule has 1 aromatic rings. The van der Waals surface area contributed by atoms with E-state index in [0.717, 1.165) is 11.3 Å². The molecule has 4 N–H and O–H groups in total. The Morgan fingerprint density at radius 2 is 2.15 bits per heavy atom. The van der Waals surface area contributed by atoms with E-state index in [1.54, 1.807) is 12.1 Å². The lowest BCUT2D eigenvalue weighted by Gasteiger charge is -2.14. The predicted octanol–water partition coefficient (Wildman–Crippen LogP) is 1.52. The molecule has 1 rings (SSSR count). The van der Waals surface area contributed by atoms with E-state index in [1.165, 1.54) is 0 Å². The van der Waals surface area contributed by atoms with Crippen LogP contribution < -0.4 is 15.8 Å². The van der Waals surface area contributed by atoms with Crippen LogP contribution in [0.25, 0.3) is 0 Å². The van der Waals surface area contributed by atoms with Gasteiger partial charge >= 0.3 is 5.97 Å². The van der Waals surface area contributed by atoms with E-state index in [4.69, 9.17) is 15.6 Å². The van der Waals surface area contributed by atoms with Gasteiger partial charge in [0.1, 0.15) is 5.75 Å². The molecule has 1 unspecified atom stereocenters. The fourth-order valence-electron chi connectivity index (χ4n) is 1.67. The Labute approximate surface area is 117 Å². The van der Waals surface area contributed by atoms with Crippen LogP contribution in [0.2, 0.25) is 0 Å². The summed E-state index contributed by atoms with van der Waals surface area (Å²) in [7, 11) is 0. The van der Waals surface area contributed by atoms with Crippen molar-refractivity contribution in [3.05, 3.63) is 23.8 Å². The van der Waals surface area contributed by atoms with Crippen molar-refractivity contribution in [2.24, 2.45) is 5.73 Å². The number of aryl methyl sites for hydroxylation is 1. The SMILES string of the molecule is CCOc1ccc(NC(=O)C(N)CCC(=O)O)c(C)c1. The zero-order valence-corrected chi connectivity index (χ0v) is 11.7. The molecule has 20 heavy (non-hydrogen) atoms. The lowest BCUT2D eigenvalue weighted by atomic mass is 10.1. The molecule has 0 spiro atoms. The second-order valence-electron chi connectivity index (χ2n) is 4.44. The fraction of sp³-hybridized carbons (Fsp3) is 0.429. The first kappa shape index (κ1) is 16.0. The molecule has 1 atom stereocenters. The van der Waals surface area contributed by atoms with Crippen molar-refractivity contribution >= 4 is 17.6 Å². The molecular formula is C14H20N2O4. The molecule has 110 valence electrons. The average Bonchev–Trinajstić information content (AvgIpc) is 2.39. The summed E-state index contributed by atoms with van der Waals surface area (Å²) < 4.78 is 5.36. The molecule has 0 saturated carbocycles. The van der Waals surface area contributed by atoms with Gasteiger partial charge in [0, 0.05) is 12.1 Å². The van der Waals surface area contributed by atoms with E-state index in [9.17, 15) is 9.59 Å². The van der Waals surface area contributed by atoms with Crippen LogP contribution in [-0.4, -0.2) is 29.6 Å². The number of carboxylic acids is 1. The van der Waals surface area contributed by atoms with Gasteiger partial charge in [-0.05, 0) is 44.0 Å². The molecule has 0 aliphatic rings. The molecule has 6 nitrogen and oxygen atoms in total. The highest BCUT2D eigenvalue weighted by Crippen LogP contribution is 2.21. The van der Waals surface area contributed by atoms with E-state index in [0.29, 0.717) is 12.3 Å². The zero-order valence-electron chi connectivity index (χ0n) is 11.7. The first-order chi connectivity index (χ1) is 9.43. The average molecular weight is 280 g/mol. The van der Waals surface area contributed by atoms with Crippen molar-refractivity contribution in [1.82, 2.24) is 0 Å². The molecule has 0 radical (unpaired) electrons. The van der Waals surface area contributed by atoms with Gasteiger partial charge in [-0.3, -0.25) is 9.59 Å². The van der Waals surface area contributed by atoms with Gasteiger partial charge in [-0.15, -0.1) is 0 Å². The highest BCUT2D eigenvalue weighted by molar-refractivity contribution is 5.95. The number of ether oxygens (including phenoxy) is 1. The van der Waals surface area contributed by atoms with Gasteiger partial charge < -0.3 is 20.9 Å². The first-order valence-electron chi connectivity index (χ1n) is 6.45. The second-order valence-corrected chi connectivity index (χ2v) is 4.44. The molecule has 0 bridgehead atoms. The molecule has 0 aliphatic carbocycles. The largest absolute Gasteiger partial charge is 0.494 e. The number of carboxylic acid groups (broad SMARTS) is 1. The fourth-order valence-corrected chi connectivity index (χ4v) is 1.67. The minimum Gasteiger partial charge on any atom is -0.494 e. The highest BCUT2D eigenvalue weighted by atomic mass is 16.5. The second kappa shape index (κ2) is 7.49. The van der Waals surface area contributed by atoms with Crippen LogP contribution in [0.1, 0.15) is 25.3 Å². The van der Waals surface area contributed by atoms with Gasteiger partial charge in [-0.25, -0.2) is 0 Å². The Bertz CT molecular complexity index is 488. The van der Waals surface area contributed by atoms with E-state index in [2.05, 4.69) is 5.32 Å². The quantitative estimate of drug-likeness (QED) is 0.703. The number of carbonyl (C=O) groups is 2. The van der Waals surface area contributed by atoms with E-state index in [-0.39, 0.29) is 12.8 Å². The van der Waals surface area contributed by atoms with Gasteiger partial charge in [0.25, 0.3) is 0 Å². The Morgan fingerprint density at radius 3 is 2.70 bits per heavy atom. The number of anilines is 1. The van der Waals surface area contributed by atoms with Crippen LogP contribution in [-0.2, 0) is 9.59 Å². The molecule has 1 aromatic carbocycles. The van der Waals surface area contributed by atoms with Crippen molar-refractivity contribution in [1.29, 1.82) is 0 Å². The molecular weight excluding hydrogens is 260 g/mol. The molecule has 0 aliphatic heterocycles. The highest BCUT2D eigenvalue weighted by Gasteiger charge is 2.15. The Kier molecular flexibility index (Phi) is 5.99. The molecule has 0 fully saturated rings. The zero-order chi connectivity index (χ0) is 15.1. The van der Waals surface area contributed by atoms with Crippen LogP contribution in [0.15, 0.2) is 18.2 Å². The van der Waals surface area contributed by atoms with Crippen molar-refractivity contribution in [3.8, 4) is 5.75 Å². The first-order valence-corrected chi connectivity index (χ1v) is 6.45. The van der Waals surface area contributed by atoms with Crippen molar-refractivity contribution in [3.63, 3.8) is 0 Å². The van der Waals surface area contributed by atoms with Gasteiger partial charge in [-0.1, -0.05) is 0 Å². The van der Waals surface area contributed by atoms with Crippen molar-refractivity contribution in [2.75, 3.05) is 11.9 Å². The Balaban J connectivity index is 2.63. The summed E-state index contributed by atoms with van der Waals surface area (Å²) in [4.78, 5) is 22.3. The topological polar surface area (TPSA) is 102 Å². The third kappa shape index (κ3) is 4.89. The Morgan fingerprint density at radius 1 is 1.45 bits per heavy atom. The monoisotopic (exact) mass is 280 g/mol. The summed E-state index contributed by atoms with van der Waals surface area (Å²) in [6, 6.07) is 4.48. The minimum absolute atomic E-state index is 0.108. The number of aliphatic carboxylic acids is 1. The number of hydrogen-bond donors (Lipinski definition) is 3. The summed E-state index contributed by atoms with van der Waals surface area (Å²) >= 11 is 0. The molecule has 6 heteroatoms. The van der Waals surface area contributed by atoms with Crippen LogP contribution in [0, 0.1) is 6.92 Å². The van der Waals surface area contributed by atoms with Crippen molar-refractivity contribution < 1.29 is 19.4 Å². The summed E-state index contributed by atoms with van der Waals surface area (Å²) in [5.74, 6) is -0.623. The Hall–Kier alpha value is -2.08. The molecule has 0 heterocycles. The maximum atomic E-state index is 11.8. The predicted molar refractivity (Wildman–Crippen MR) is 75.8 cm³/mol. The minimum atomic E-state index is -0.967. The number of benzene rings is 1. The van der Waals surface area contributed by atoms with Crippen LogP contribution in [0.5, 0.6) is 5.75 Å². The van der Waals surface area contributed by atoms with Crippen molar-refractivity contribution in [2.45, 2.75) is 32.7 Å².